The van der Waals surface area contributed by atoms with Gasteiger partial charge in [-0.3, -0.25) is 0 Å². The molecule has 124 valence electrons. The van der Waals surface area contributed by atoms with Crippen LogP contribution >= 0.6 is 0 Å². The van der Waals surface area contributed by atoms with Gasteiger partial charge in [0, 0.05) is 5.56 Å². The normalized spacial score (nSPS) is 17.4. The van der Waals surface area contributed by atoms with Gasteiger partial charge < -0.3 is 14.4 Å². The molecule has 6 nitrogen and oxygen atoms in total. The summed E-state index contributed by atoms with van der Waals surface area (Å²) in [5, 5.41) is 0. The minimum atomic E-state index is -3.06. The molecule has 0 amide bonds. The summed E-state index contributed by atoms with van der Waals surface area (Å²) in [7, 11) is -1.42. The minimum Gasteiger partial charge on any atom is -0.493 e. The van der Waals surface area contributed by atoms with Gasteiger partial charge in [0.05, 0.1) is 46.2 Å². The average molecular weight is 329 g/mol. The molecule has 0 spiro atoms. The molecule has 0 bridgehead atoms. The SMILES string of the molecule is CCOc1ccc(C[NH+]2CCN(S(C)(=O)=O)CC2)cc1OC. The van der Waals surface area contributed by atoms with Crippen molar-refractivity contribution in [2.24, 2.45) is 0 Å². The molecule has 0 aromatic heterocycles. The smallest absolute Gasteiger partial charge is 0.211 e. The van der Waals surface area contributed by atoms with Crippen LogP contribution in [0, 0.1) is 0 Å². The van der Waals surface area contributed by atoms with Crippen molar-refractivity contribution in [2.75, 3.05) is 46.2 Å². The van der Waals surface area contributed by atoms with Crippen LogP contribution in [0.25, 0.3) is 0 Å². The highest BCUT2D eigenvalue weighted by Crippen LogP contribution is 2.27. The largest absolute Gasteiger partial charge is 0.493 e. The van der Waals surface area contributed by atoms with Crippen LogP contribution in [0.5, 0.6) is 11.5 Å². The lowest BCUT2D eigenvalue weighted by atomic mass is 10.1. The maximum atomic E-state index is 11.5. The van der Waals surface area contributed by atoms with Crippen molar-refractivity contribution < 1.29 is 22.8 Å². The molecule has 1 aliphatic rings. The highest BCUT2D eigenvalue weighted by molar-refractivity contribution is 7.88. The Morgan fingerprint density at radius 1 is 1.23 bits per heavy atom. The van der Waals surface area contributed by atoms with E-state index in [1.807, 2.05) is 25.1 Å². The van der Waals surface area contributed by atoms with Crippen molar-refractivity contribution in [3.8, 4) is 11.5 Å². The van der Waals surface area contributed by atoms with Gasteiger partial charge in [0.25, 0.3) is 0 Å². The lowest BCUT2D eigenvalue weighted by Crippen LogP contribution is -3.13. The van der Waals surface area contributed by atoms with E-state index in [1.54, 1.807) is 11.4 Å². The van der Waals surface area contributed by atoms with Crippen molar-refractivity contribution in [1.82, 2.24) is 4.31 Å². The number of hydrogen-bond donors (Lipinski definition) is 1. The molecule has 0 atom stereocenters. The molecule has 1 aromatic rings. The van der Waals surface area contributed by atoms with E-state index >= 15 is 0 Å². The van der Waals surface area contributed by atoms with Crippen LogP contribution in [0.3, 0.4) is 0 Å². The molecule has 22 heavy (non-hydrogen) atoms. The first kappa shape index (κ1) is 17.1. The maximum absolute atomic E-state index is 11.5. The molecule has 1 N–H and O–H groups in total. The van der Waals surface area contributed by atoms with Crippen LogP contribution in [0.15, 0.2) is 18.2 Å². The quantitative estimate of drug-likeness (QED) is 0.782. The first-order valence-electron chi connectivity index (χ1n) is 7.52. The minimum absolute atomic E-state index is 0.586. The number of methoxy groups -OCH3 is 1. The van der Waals surface area contributed by atoms with Crippen molar-refractivity contribution >= 4 is 10.0 Å². The van der Waals surface area contributed by atoms with Gasteiger partial charge in [-0.2, -0.15) is 4.31 Å². The summed E-state index contributed by atoms with van der Waals surface area (Å²) >= 11 is 0. The summed E-state index contributed by atoms with van der Waals surface area (Å²) in [5.41, 5.74) is 1.17. The first-order chi connectivity index (χ1) is 10.4. The van der Waals surface area contributed by atoms with Gasteiger partial charge in [0.2, 0.25) is 10.0 Å². The number of sulfonamides is 1. The fraction of sp³-hybridized carbons (Fsp3) is 0.600. The lowest BCUT2D eigenvalue weighted by molar-refractivity contribution is -0.917. The second-order valence-corrected chi connectivity index (χ2v) is 7.49. The lowest BCUT2D eigenvalue weighted by Gasteiger charge is -2.30. The number of rotatable bonds is 6. The molecule has 0 unspecified atom stereocenters. The predicted molar refractivity (Wildman–Crippen MR) is 85.0 cm³/mol. The number of benzene rings is 1. The third-order valence-corrected chi connectivity index (χ3v) is 5.18. The van der Waals surface area contributed by atoms with Gasteiger partial charge in [-0.15, -0.1) is 0 Å². The third kappa shape index (κ3) is 4.34. The van der Waals surface area contributed by atoms with E-state index in [4.69, 9.17) is 9.47 Å². The molecule has 2 rings (SSSR count). The Kier molecular flexibility index (Phi) is 5.66. The Hall–Kier alpha value is -1.31. The molecule has 7 heteroatoms. The van der Waals surface area contributed by atoms with E-state index in [0.29, 0.717) is 19.7 Å². The van der Waals surface area contributed by atoms with Crippen LogP contribution in [0.4, 0.5) is 0 Å². The first-order valence-corrected chi connectivity index (χ1v) is 9.37. The monoisotopic (exact) mass is 329 g/mol. The van der Waals surface area contributed by atoms with Crippen molar-refractivity contribution in [3.05, 3.63) is 23.8 Å². The molecule has 1 fully saturated rings. The molecule has 0 aliphatic carbocycles. The molecule has 0 saturated carbocycles. The Bertz CT molecular complexity index is 596. The highest BCUT2D eigenvalue weighted by atomic mass is 32.2. The van der Waals surface area contributed by atoms with Crippen molar-refractivity contribution in [3.63, 3.8) is 0 Å². The number of ether oxygens (including phenoxy) is 2. The van der Waals surface area contributed by atoms with Gasteiger partial charge in [0.15, 0.2) is 11.5 Å². The van der Waals surface area contributed by atoms with Crippen LogP contribution in [-0.4, -0.2) is 58.9 Å². The third-order valence-electron chi connectivity index (χ3n) is 3.88. The standard InChI is InChI=1S/C15H24N2O4S/c1-4-21-14-6-5-13(11-15(14)20-2)12-16-7-9-17(10-8-16)22(3,18)19/h5-6,11H,4,7-10,12H2,1-3H3/p+1. The summed E-state index contributed by atoms with van der Waals surface area (Å²) in [6.45, 7) is 6.23. The number of hydrogen-bond acceptors (Lipinski definition) is 4. The second-order valence-electron chi connectivity index (χ2n) is 5.51. The Morgan fingerprint density at radius 3 is 2.45 bits per heavy atom. The van der Waals surface area contributed by atoms with Crippen molar-refractivity contribution in [1.29, 1.82) is 0 Å². The van der Waals surface area contributed by atoms with E-state index in [0.717, 1.165) is 31.1 Å². The summed E-state index contributed by atoms with van der Waals surface area (Å²) < 4.78 is 35.5. The van der Waals surface area contributed by atoms with E-state index in [2.05, 4.69) is 0 Å². The van der Waals surface area contributed by atoms with E-state index < -0.39 is 10.0 Å². The van der Waals surface area contributed by atoms with E-state index in [1.165, 1.54) is 16.7 Å². The van der Waals surface area contributed by atoms with Gasteiger partial charge >= 0.3 is 0 Å². The molecular weight excluding hydrogens is 304 g/mol. The molecule has 1 saturated heterocycles. The molecule has 1 aromatic carbocycles. The zero-order chi connectivity index (χ0) is 16.2. The van der Waals surface area contributed by atoms with Crippen molar-refractivity contribution in [2.45, 2.75) is 13.5 Å². The Labute approximate surface area is 132 Å². The number of piperazine rings is 1. The topological polar surface area (TPSA) is 60.3 Å². The molecule has 1 aliphatic heterocycles. The van der Waals surface area contributed by atoms with Gasteiger partial charge in [-0.25, -0.2) is 8.42 Å². The van der Waals surface area contributed by atoms with Crippen LogP contribution in [0.1, 0.15) is 12.5 Å². The fourth-order valence-electron chi connectivity index (χ4n) is 2.70. The van der Waals surface area contributed by atoms with Gasteiger partial charge in [0.1, 0.15) is 6.54 Å². The molecule has 0 radical (unpaired) electrons. The fourth-order valence-corrected chi connectivity index (χ4v) is 3.54. The van der Waals surface area contributed by atoms with Gasteiger partial charge in [-0.1, -0.05) is 0 Å². The van der Waals surface area contributed by atoms with Crippen LogP contribution in [-0.2, 0) is 16.6 Å². The summed E-state index contributed by atoms with van der Waals surface area (Å²) in [6.07, 6.45) is 1.27. The zero-order valence-electron chi connectivity index (χ0n) is 13.5. The van der Waals surface area contributed by atoms with E-state index in [9.17, 15) is 8.42 Å². The Morgan fingerprint density at radius 2 is 1.91 bits per heavy atom. The number of quaternary nitrogens is 1. The average Bonchev–Trinajstić information content (AvgIpc) is 2.48. The summed E-state index contributed by atoms with van der Waals surface area (Å²) in [6, 6.07) is 5.98. The zero-order valence-corrected chi connectivity index (χ0v) is 14.3. The molecular formula is C15H25N2O4S+. The number of nitrogens with one attached hydrogen (secondary N) is 1. The Balaban J connectivity index is 1.97. The predicted octanol–water partition coefficient (Wildman–Crippen LogP) is -0.246. The maximum Gasteiger partial charge on any atom is 0.211 e. The van der Waals surface area contributed by atoms with Gasteiger partial charge in [-0.05, 0) is 25.1 Å². The van der Waals surface area contributed by atoms with Crippen LogP contribution in [0.2, 0.25) is 0 Å². The van der Waals surface area contributed by atoms with Crippen LogP contribution < -0.4 is 14.4 Å². The molecule has 1 heterocycles. The van der Waals surface area contributed by atoms with E-state index in [-0.39, 0.29) is 0 Å². The second kappa shape index (κ2) is 7.30. The summed E-state index contributed by atoms with van der Waals surface area (Å²) in [4.78, 5) is 1.38. The summed E-state index contributed by atoms with van der Waals surface area (Å²) in [5.74, 6) is 1.50. The highest BCUT2D eigenvalue weighted by Gasteiger charge is 2.26. The number of nitrogens with zero attached hydrogens (tertiary/aromatic N) is 1.